The van der Waals surface area contributed by atoms with Crippen molar-refractivity contribution in [3.05, 3.63) is 65.7 Å². The smallest absolute Gasteiger partial charge is 0.200 e. The number of sulfonamides is 1. The standard InChI is InChI=1S/C15H11N3O2S/c16-10-15-14-9-5-4-6-12(14)11-17-18(15)21(19,20)13-7-2-1-3-8-13/h1-9,11,15H. The largest absolute Gasteiger partial charge is 0.280 e. The van der Waals surface area contributed by atoms with Crippen LogP contribution in [-0.4, -0.2) is 19.0 Å². The Labute approximate surface area is 122 Å². The van der Waals surface area contributed by atoms with Crippen molar-refractivity contribution in [1.82, 2.24) is 4.41 Å². The highest BCUT2D eigenvalue weighted by Gasteiger charge is 2.34. The van der Waals surface area contributed by atoms with Gasteiger partial charge in [0, 0.05) is 11.1 Å². The topological polar surface area (TPSA) is 73.5 Å². The normalized spacial score (nSPS) is 17.1. The number of nitrogens with zero attached hydrogens (tertiary/aromatic N) is 3. The number of benzene rings is 2. The van der Waals surface area contributed by atoms with Crippen LogP contribution in [0.25, 0.3) is 0 Å². The van der Waals surface area contributed by atoms with Gasteiger partial charge in [-0.3, -0.25) is 0 Å². The first-order chi connectivity index (χ1) is 10.1. The van der Waals surface area contributed by atoms with Gasteiger partial charge in [0.15, 0.2) is 6.04 Å². The number of hydrogen-bond donors (Lipinski definition) is 0. The predicted molar refractivity (Wildman–Crippen MR) is 77.9 cm³/mol. The molecule has 1 unspecified atom stereocenters. The Balaban J connectivity index is 2.11. The van der Waals surface area contributed by atoms with Gasteiger partial charge in [-0.2, -0.15) is 23.2 Å². The molecule has 0 spiro atoms. The molecule has 2 aromatic rings. The SMILES string of the molecule is N#CC1c2ccccc2C=NN1S(=O)(=O)c1ccccc1. The van der Waals surface area contributed by atoms with Crippen LogP contribution in [0.5, 0.6) is 0 Å². The van der Waals surface area contributed by atoms with E-state index in [-0.39, 0.29) is 4.90 Å². The minimum Gasteiger partial charge on any atom is -0.200 e. The number of rotatable bonds is 2. The molecule has 0 N–H and O–H groups in total. The molecule has 0 radical (unpaired) electrons. The van der Waals surface area contributed by atoms with Crippen LogP contribution in [0.15, 0.2) is 64.6 Å². The lowest BCUT2D eigenvalue weighted by Gasteiger charge is -2.27. The first-order valence-electron chi connectivity index (χ1n) is 6.26. The molecule has 6 heteroatoms. The first kappa shape index (κ1) is 13.3. The summed E-state index contributed by atoms with van der Waals surface area (Å²) in [6.07, 6.45) is 1.46. The molecule has 0 saturated heterocycles. The van der Waals surface area contributed by atoms with Crippen molar-refractivity contribution in [2.75, 3.05) is 0 Å². The summed E-state index contributed by atoms with van der Waals surface area (Å²) in [5, 5.41) is 13.4. The minimum atomic E-state index is -3.85. The van der Waals surface area contributed by atoms with Gasteiger partial charge in [0.25, 0.3) is 10.0 Å². The summed E-state index contributed by atoms with van der Waals surface area (Å²) in [5.74, 6) is 0. The maximum Gasteiger partial charge on any atom is 0.280 e. The third kappa shape index (κ3) is 2.18. The van der Waals surface area contributed by atoms with Crippen LogP contribution in [0.4, 0.5) is 0 Å². The van der Waals surface area contributed by atoms with E-state index in [1.54, 1.807) is 36.4 Å². The highest BCUT2D eigenvalue weighted by Crippen LogP contribution is 2.31. The van der Waals surface area contributed by atoms with Crippen molar-refractivity contribution in [2.45, 2.75) is 10.9 Å². The molecular formula is C15H11N3O2S. The Morgan fingerprint density at radius 3 is 2.43 bits per heavy atom. The van der Waals surface area contributed by atoms with E-state index in [9.17, 15) is 13.7 Å². The van der Waals surface area contributed by atoms with E-state index in [4.69, 9.17) is 0 Å². The lowest BCUT2D eigenvalue weighted by Crippen LogP contribution is -2.32. The maximum absolute atomic E-state index is 12.6. The molecule has 1 aliphatic heterocycles. The molecule has 0 aromatic heterocycles. The molecule has 104 valence electrons. The molecule has 0 saturated carbocycles. The second-order valence-corrected chi connectivity index (χ2v) is 6.29. The zero-order chi connectivity index (χ0) is 14.9. The molecule has 0 amide bonds. The summed E-state index contributed by atoms with van der Waals surface area (Å²) in [7, 11) is -3.85. The fraction of sp³-hybridized carbons (Fsp3) is 0.0667. The second-order valence-electron chi connectivity index (χ2n) is 4.50. The van der Waals surface area contributed by atoms with E-state index >= 15 is 0 Å². The van der Waals surface area contributed by atoms with Gasteiger partial charge >= 0.3 is 0 Å². The molecule has 5 nitrogen and oxygen atoms in total. The summed E-state index contributed by atoms with van der Waals surface area (Å²) in [6.45, 7) is 0. The van der Waals surface area contributed by atoms with E-state index < -0.39 is 16.1 Å². The fourth-order valence-electron chi connectivity index (χ4n) is 2.20. The number of nitriles is 1. The molecule has 0 aliphatic carbocycles. The van der Waals surface area contributed by atoms with Crippen molar-refractivity contribution in [3.63, 3.8) is 0 Å². The summed E-state index contributed by atoms with van der Waals surface area (Å²) in [6, 6.07) is 16.2. The third-order valence-electron chi connectivity index (χ3n) is 3.23. The average molecular weight is 297 g/mol. The second kappa shape index (κ2) is 5.04. The van der Waals surface area contributed by atoms with Crippen LogP contribution in [0.1, 0.15) is 17.2 Å². The molecule has 3 rings (SSSR count). The maximum atomic E-state index is 12.6. The zero-order valence-corrected chi connectivity index (χ0v) is 11.7. The molecule has 1 atom stereocenters. The summed E-state index contributed by atoms with van der Waals surface area (Å²) < 4.78 is 26.1. The van der Waals surface area contributed by atoms with Crippen molar-refractivity contribution < 1.29 is 8.42 Å². The lowest BCUT2D eigenvalue weighted by atomic mass is 10.0. The van der Waals surface area contributed by atoms with Gasteiger partial charge in [-0.25, -0.2) is 0 Å². The number of fused-ring (bicyclic) bond motifs is 1. The fourth-order valence-corrected chi connectivity index (χ4v) is 3.53. The summed E-state index contributed by atoms with van der Waals surface area (Å²) >= 11 is 0. The molecule has 0 fully saturated rings. The van der Waals surface area contributed by atoms with Crippen molar-refractivity contribution in [2.24, 2.45) is 5.10 Å². The van der Waals surface area contributed by atoms with Crippen molar-refractivity contribution in [3.8, 4) is 6.07 Å². The molecular weight excluding hydrogens is 286 g/mol. The van der Waals surface area contributed by atoms with Gasteiger partial charge in [-0.05, 0) is 12.1 Å². The zero-order valence-electron chi connectivity index (χ0n) is 10.9. The summed E-state index contributed by atoms with van der Waals surface area (Å²) in [5.41, 5.74) is 1.39. The average Bonchev–Trinajstić information content (AvgIpc) is 2.54. The molecule has 1 aliphatic rings. The molecule has 21 heavy (non-hydrogen) atoms. The van der Waals surface area contributed by atoms with Crippen LogP contribution >= 0.6 is 0 Å². The number of hydrogen-bond acceptors (Lipinski definition) is 4. The Hall–Kier alpha value is -2.65. The molecule has 0 bridgehead atoms. The van der Waals surface area contributed by atoms with Crippen LogP contribution in [0.3, 0.4) is 0 Å². The van der Waals surface area contributed by atoms with E-state index in [0.717, 1.165) is 9.98 Å². The van der Waals surface area contributed by atoms with Crippen molar-refractivity contribution >= 4 is 16.2 Å². The van der Waals surface area contributed by atoms with Gasteiger partial charge in [0.1, 0.15) is 0 Å². The van der Waals surface area contributed by atoms with Crippen LogP contribution in [-0.2, 0) is 10.0 Å². The van der Waals surface area contributed by atoms with Gasteiger partial charge in [-0.1, -0.05) is 42.5 Å². The molecule has 1 heterocycles. The third-order valence-corrected chi connectivity index (χ3v) is 4.90. The monoisotopic (exact) mass is 297 g/mol. The summed E-state index contributed by atoms with van der Waals surface area (Å²) in [4.78, 5) is 0.113. The van der Waals surface area contributed by atoms with Gasteiger partial charge in [0.2, 0.25) is 0 Å². The van der Waals surface area contributed by atoms with Crippen molar-refractivity contribution in [1.29, 1.82) is 5.26 Å². The quantitative estimate of drug-likeness (QED) is 0.853. The van der Waals surface area contributed by atoms with Crippen LogP contribution < -0.4 is 0 Å². The van der Waals surface area contributed by atoms with E-state index in [0.29, 0.717) is 5.56 Å². The Morgan fingerprint density at radius 2 is 1.71 bits per heavy atom. The Kier molecular flexibility index (Phi) is 3.20. The molecule has 2 aromatic carbocycles. The predicted octanol–water partition coefficient (Wildman–Crippen LogP) is 2.29. The van der Waals surface area contributed by atoms with Crippen LogP contribution in [0.2, 0.25) is 0 Å². The number of hydrazone groups is 1. The first-order valence-corrected chi connectivity index (χ1v) is 7.70. The highest BCUT2D eigenvalue weighted by atomic mass is 32.2. The Morgan fingerprint density at radius 1 is 1.05 bits per heavy atom. The Bertz CT molecular complexity index is 839. The van der Waals surface area contributed by atoms with Crippen LogP contribution in [0, 0.1) is 11.3 Å². The van der Waals surface area contributed by atoms with E-state index in [1.165, 1.54) is 18.3 Å². The van der Waals surface area contributed by atoms with Gasteiger partial charge in [-0.15, -0.1) is 0 Å². The van der Waals surface area contributed by atoms with E-state index in [1.807, 2.05) is 12.1 Å². The van der Waals surface area contributed by atoms with Gasteiger partial charge in [0.05, 0.1) is 17.2 Å². The lowest BCUT2D eigenvalue weighted by molar-refractivity contribution is 0.387. The minimum absolute atomic E-state index is 0.113. The van der Waals surface area contributed by atoms with Gasteiger partial charge < -0.3 is 0 Å². The van der Waals surface area contributed by atoms with E-state index in [2.05, 4.69) is 5.10 Å². The highest BCUT2D eigenvalue weighted by molar-refractivity contribution is 7.89.